The summed E-state index contributed by atoms with van der Waals surface area (Å²) in [6.07, 6.45) is -4.34. The molecule has 1 nitrogen and oxygen atoms in total. The van der Waals surface area contributed by atoms with Crippen LogP contribution in [0, 0.1) is 0 Å². The lowest BCUT2D eigenvalue weighted by molar-refractivity contribution is -0.00365. The molecule has 0 aliphatic carbocycles. The highest BCUT2D eigenvalue weighted by atomic mass is 35.5. The molecule has 0 saturated carbocycles. The van der Waals surface area contributed by atoms with Crippen molar-refractivity contribution in [1.29, 1.82) is 0 Å². The van der Waals surface area contributed by atoms with Crippen molar-refractivity contribution in [1.82, 2.24) is 0 Å². The van der Waals surface area contributed by atoms with E-state index in [-0.39, 0.29) is 6.42 Å². The quantitative estimate of drug-likeness (QED) is 0.806. The number of hydrogen-bond donors (Lipinski definition) is 1. The maximum Gasteiger partial charge on any atom is 0.264 e. The monoisotopic (exact) mass is 206 g/mol. The van der Waals surface area contributed by atoms with Crippen molar-refractivity contribution in [2.24, 2.45) is 0 Å². The molecule has 1 atom stereocenters. The summed E-state index contributed by atoms with van der Waals surface area (Å²) in [6.45, 7) is 0. The Kier molecular flexibility index (Phi) is 3.63. The first-order valence-electron chi connectivity index (χ1n) is 3.80. The van der Waals surface area contributed by atoms with Gasteiger partial charge in [-0.25, -0.2) is 8.78 Å². The van der Waals surface area contributed by atoms with Crippen molar-refractivity contribution in [2.45, 2.75) is 19.0 Å². The number of hydrogen-bond acceptors (Lipinski definition) is 1. The largest absolute Gasteiger partial charge is 0.387 e. The van der Waals surface area contributed by atoms with E-state index in [1.807, 2.05) is 0 Å². The first kappa shape index (κ1) is 10.4. The maximum absolute atomic E-state index is 11.9. The molecule has 0 aliphatic heterocycles. The van der Waals surface area contributed by atoms with Gasteiger partial charge in [-0.1, -0.05) is 23.7 Å². The van der Waals surface area contributed by atoms with Gasteiger partial charge in [0, 0.05) is 11.4 Å². The minimum atomic E-state index is -2.70. The van der Waals surface area contributed by atoms with E-state index in [4.69, 9.17) is 16.7 Å². The zero-order valence-electron chi connectivity index (χ0n) is 6.75. The molecule has 1 aromatic rings. The Labute approximate surface area is 80.0 Å². The van der Waals surface area contributed by atoms with Crippen LogP contribution >= 0.6 is 11.6 Å². The summed E-state index contributed by atoms with van der Waals surface area (Å²) in [4.78, 5) is 0. The van der Waals surface area contributed by atoms with Crippen LogP contribution in [0.2, 0.25) is 5.02 Å². The Balaban J connectivity index is 2.59. The first-order chi connectivity index (χ1) is 6.09. The highest BCUT2D eigenvalue weighted by molar-refractivity contribution is 6.30. The van der Waals surface area contributed by atoms with Crippen LogP contribution < -0.4 is 0 Å². The van der Waals surface area contributed by atoms with Crippen molar-refractivity contribution in [3.8, 4) is 0 Å². The smallest absolute Gasteiger partial charge is 0.264 e. The van der Waals surface area contributed by atoms with Gasteiger partial charge in [0.2, 0.25) is 0 Å². The molecule has 0 bridgehead atoms. The Morgan fingerprint density at radius 3 is 2.23 bits per heavy atom. The van der Waals surface area contributed by atoms with E-state index in [1.54, 1.807) is 24.3 Å². The second-order valence-corrected chi connectivity index (χ2v) is 3.17. The van der Waals surface area contributed by atoms with Crippen LogP contribution in [0.25, 0.3) is 0 Å². The fourth-order valence-corrected chi connectivity index (χ4v) is 1.08. The Hall–Kier alpha value is -0.670. The van der Waals surface area contributed by atoms with Crippen LogP contribution in [0.5, 0.6) is 0 Å². The van der Waals surface area contributed by atoms with E-state index in [0.29, 0.717) is 10.6 Å². The third-order valence-corrected chi connectivity index (χ3v) is 1.90. The number of benzene rings is 1. The summed E-state index contributed by atoms with van der Waals surface area (Å²) in [5.41, 5.74) is 0.650. The molecule has 1 rings (SSSR count). The van der Waals surface area contributed by atoms with Gasteiger partial charge in [-0.05, 0) is 17.7 Å². The van der Waals surface area contributed by atoms with E-state index in [2.05, 4.69) is 0 Å². The summed E-state index contributed by atoms with van der Waals surface area (Å²) >= 11 is 5.60. The van der Waals surface area contributed by atoms with Gasteiger partial charge >= 0.3 is 0 Å². The second kappa shape index (κ2) is 4.53. The maximum atomic E-state index is 11.9. The molecule has 0 saturated heterocycles. The van der Waals surface area contributed by atoms with Crippen LogP contribution in [0.1, 0.15) is 5.56 Å². The SMILES string of the molecule is OC(Cc1ccc(Cl)cc1)C(F)F. The highest BCUT2D eigenvalue weighted by Gasteiger charge is 2.16. The summed E-state index contributed by atoms with van der Waals surface area (Å²) in [5, 5.41) is 9.42. The van der Waals surface area contributed by atoms with E-state index in [0.717, 1.165) is 0 Å². The minimum absolute atomic E-state index is 0.0468. The fourth-order valence-electron chi connectivity index (χ4n) is 0.951. The van der Waals surface area contributed by atoms with Crippen LogP contribution in [-0.4, -0.2) is 17.6 Å². The van der Waals surface area contributed by atoms with Gasteiger partial charge in [-0.3, -0.25) is 0 Å². The van der Waals surface area contributed by atoms with Crippen molar-refractivity contribution in [3.05, 3.63) is 34.9 Å². The summed E-state index contributed by atoms with van der Waals surface area (Å²) in [7, 11) is 0. The molecule has 0 aliphatic rings. The first-order valence-corrected chi connectivity index (χ1v) is 4.18. The molecule has 72 valence electrons. The average molecular weight is 207 g/mol. The highest BCUT2D eigenvalue weighted by Crippen LogP contribution is 2.13. The lowest BCUT2D eigenvalue weighted by Gasteiger charge is -2.08. The predicted molar refractivity (Wildman–Crippen MR) is 47.2 cm³/mol. The number of aliphatic hydroxyl groups excluding tert-OH is 1. The van der Waals surface area contributed by atoms with Gasteiger partial charge in [0.15, 0.2) is 0 Å². The van der Waals surface area contributed by atoms with E-state index in [1.165, 1.54) is 0 Å². The number of rotatable bonds is 3. The van der Waals surface area contributed by atoms with Gasteiger partial charge in [-0.15, -0.1) is 0 Å². The number of halogens is 3. The Bertz CT molecular complexity index is 261. The zero-order valence-corrected chi connectivity index (χ0v) is 7.51. The van der Waals surface area contributed by atoms with Gasteiger partial charge in [0.1, 0.15) is 6.10 Å². The molecule has 0 fully saturated rings. The molecule has 0 radical (unpaired) electrons. The van der Waals surface area contributed by atoms with E-state index < -0.39 is 12.5 Å². The molecule has 1 N–H and O–H groups in total. The number of alkyl halides is 2. The molecule has 1 aromatic carbocycles. The minimum Gasteiger partial charge on any atom is -0.387 e. The van der Waals surface area contributed by atoms with Crippen molar-refractivity contribution in [2.75, 3.05) is 0 Å². The topological polar surface area (TPSA) is 20.2 Å². The Morgan fingerprint density at radius 2 is 1.77 bits per heavy atom. The molecule has 13 heavy (non-hydrogen) atoms. The molecule has 0 spiro atoms. The molecule has 1 unspecified atom stereocenters. The average Bonchev–Trinajstić information content (AvgIpc) is 2.08. The fraction of sp³-hybridized carbons (Fsp3) is 0.333. The van der Waals surface area contributed by atoms with Crippen LogP contribution in [0.4, 0.5) is 8.78 Å². The van der Waals surface area contributed by atoms with Crippen molar-refractivity contribution >= 4 is 11.6 Å². The van der Waals surface area contributed by atoms with Gasteiger partial charge in [0.25, 0.3) is 6.43 Å². The molecular formula is C9H9ClF2O. The lowest BCUT2D eigenvalue weighted by atomic mass is 10.1. The summed E-state index contributed by atoms with van der Waals surface area (Å²) < 4.78 is 23.8. The van der Waals surface area contributed by atoms with Crippen molar-refractivity contribution < 1.29 is 13.9 Å². The van der Waals surface area contributed by atoms with Gasteiger partial charge in [-0.2, -0.15) is 0 Å². The number of aliphatic hydroxyl groups is 1. The third kappa shape index (κ3) is 3.28. The second-order valence-electron chi connectivity index (χ2n) is 2.73. The van der Waals surface area contributed by atoms with Crippen LogP contribution in [-0.2, 0) is 6.42 Å². The van der Waals surface area contributed by atoms with Gasteiger partial charge in [0.05, 0.1) is 0 Å². The molecule has 0 aromatic heterocycles. The van der Waals surface area contributed by atoms with Crippen LogP contribution in [0.15, 0.2) is 24.3 Å². The zero-order chi connectivity index (χ0) is 9.84. The molecule has 0 heterocycles. The van der Waals surface area contributed by atoms with Crippen molar-refractivity contribution in [3.63, 3.8) is 0 Å². The Morgan fingerprint density at radius 1 is 1.23 bits per heavy atom. The molecular weight excluding hydrogens is 198 g/mol. The predicted octanol–water partition coefficient (Wildman–Crippen LogP) is 2.51. The summed E-state index contributed by atoms with van der Waals surface area (Å²) in [5.74, 6) is 0. The molecule has 4 heteroatoms. The van der Waals surface area contributed by atoms with E-state index >= 15 is 0 Å². The summed E-state index contributed by atoms with van der Waals surface area (Å²) in [6, 6.07) is 6.45. The normalized spacial score (nSPS) is 13.3. The lowest BCUT2D eigenvalue weighted by Crippen LogP contribution is -2.19. The van der Waals surface area contributed by atoms with E-state index in [9.17, 15) is 8.78 Å². The van der Waals surface area contributed by atoms with Gasteiger partial charge < -0.3 is 5.11 Å². The molecule has 0 amide bonds. The van der Waals surface area contributed by atoms with Crippen LogP contribution in [0.3, 0.4) is 0 Å². The third-order valence-electron chi connectivity index (χ3n) is 1.65. The standard InChI is InChI=1S/C9H9ClF2O/c10-7-3-1-6(2-4-7)5-8(13)9(11)12/h1-4,8-9,13H,5H2.